The van der Waals surface area contributed by atoms with E-state index in [1.54, 1.807) is 19.4 Å². The summed E-state index contributed by atoms with van der Waals surface area (Å²) >= 11 is 4.44. The van der Waals surface area contributed by atoms with Crippen LogP contribution in [0.25, 0.3) is 0 Å². The van der Waals surface area contributed by atoms with Gasteiger partial charge in [-0.15, -0.1) is 25.2 Å². The van der Waals surface area contributed by atoms with Crippen molar-refractivity contribution in [2.24, 2.45) is 0 Å². The van der Waals surface area contributed by atoms with E-state index in [9.17, 15) is 0 Å². The van der Waals surface area contributed by atoms with Crippen LogP contribution in [0.4, 0.5) is 0 Å². The van der Waals surface area contributed by atoms with E-state index in [0.717, 1.165) is 0 Å². The molecule has 0 fully saturated rings. The summed E-state index contributed by atoms with van der Waals surface area (Å²) in [4.78, 5) is 0.356. The van der Waals surface area contributed by atoms with Gasteiger partial charge in [0.25, 0.3) is 0 Å². The maximum Gasteiger partial charge on any atom is 1.00 e. The van der Waals surface area contributed by atoms with Crippen LogP contribution in [-0.2, 0) is 17.1 Å². The Bertz CT molecular complexity index is 94.4. The van der Waals surface area contributed by atoms with Crippen molar-refractivity contribution in [3.05, 3.63) is 6.42 Å². The Morgan fingerprint density at radius 2 is 2.29 bits per heavy atom. The minimum absolute atomic E-state index is 0. The molecule has 0 unspecified atom stereocenters. The zero-order valence-electron chi connectivity index (χ0n) is 3.73. The van der Waals surface area contributed by atoms with E-state index in [4.69, 9.17) is 5.26 Å². The molecule has 0 aromatic rings. The first-order valence-electron chi connectivity index (χ1n) is 1.54. The summed E-state index contributed by atoms with van der Waals surface area (Å²) in [6.45, 7) is 1.74. The van der Waals surface area contributed by atoms with E-state index in [1.807, 2.05) is 0 Å². The van der Waals surface area contributed by atoms with Crippen molar-refractivity contribution in [1.29, 1.82) is 5.26 Å². The van der Waals surface area contributed by atoms with Gasteiger partial charge in [-0.3, -0.25) is 0 Å². The number of nitrogens with zero attached hydrogens (tertiary/aromatic N) is 1. The fourth-order valence-electron chi connectivity index (χ4n) is 0.0645. The molecule has 0 N–H and O–H groups in total. The second-order valence-electron chi connectivity index (χ2n) is 0.765. The fraction of sp³-hybridized carbons (Fsp3) is 0.250. The van der Waals surface area contributed by atoms with Crippen LogP contribution in [0.5, 0.6) is 0 Å². The molecule has 0 spiro atoms. The van der Waals surface area contributed by atoms with E-state index in [2.05, 4.69) is 12.2 Å². The third kappa shape index (κ3) is 5.97. The smallest absolute Gasteiger partial charge is 0.328 e. The molecule has 1 nitrogen and oxygen atoms in total. The zero-order chi connectivity index (χ0) is 4.99. The zero-order valence-corrected chi connectivity index (χ0v) is 5.49. The van der Waals surface area contributed by atoms with E-state index < -0.39 is 0 Å². The van der Waals surface area contributed by atoms with Crippen molar-refractivity contribution in [2.45, 2.75) is 6.92 Å². The van der Waals surface area contributed by atoms with Crippen LogP contribution < -0.4 is 0 Å². The molecule has 0 rings (SSSR count). The molecule has 3 heteroatoms. The van der Waals surface area contributed by atoms with Crippen LogP contribution in [0.15, 0.2) is 0 Å². The molecule has 0 saturated carbocycles. The van der Waals surface area contributed by atoms with Gasteiger partial charge >= 0.3 is 17.1 Å². The summed E-state index contributed by atoms with van der Waals surface area (Å²) in [6, 6.07) is 1.79. The Balaban J connectivity index is 0. The molecule has 42 valence electrons. The predicted octanol–water partition coefficient (Wildman–Crippen LogP) is 1.10. The molecule has 0 bridgehead atoms. The van der Waals surface area contributed by atoms with Gasteiger partial charge in [0.2, 0.25) is 0 Å². The number of hydrogen-bond acceptors (Lipinski definition) is 2. The molecule has 0 heterocycles. The molecular formula is C4H4CuNS. The second kappa shape index (κ2) is 5.97. The molecule has 0 saturated heterocycles. The third-order valence-corrected chi connectivity index (χ3v) is 0.699. The SMILES string of the molecule is C[CH-]C(=S)C#N.[Cu+]. The summed E-state index contributed by atoms with van der Waals surface area (Å²) in [5.74, 6) is 0. The van der Waals surface area contributed by atoms with Gasteiger partial charge in [-0.1, -0.05) is 4.86 Å². The molecule has 0 radical (unpaired) electrons. The minimum atomic E-state index is 0. The summed E-state index contributed by atoms with van der Waals surface area (Å²) in [7, 11) is 0. The minimum Gasteiger partial charge on any atom is -0.328 e. The molecule has 0 atom stereocenters. The standard InChI is InChI=1S/C4H4NS.Cu/c1-2-4(6)3-5;/h2H,1H3;/q-1;+1. The predicted molar refractivity (Wildman–Crippen MR) is 28.2 cm³/mol. The first-order chi connectivity index (χ1) is 2.81. The van der Waals surface area contributed by atoms with Crippen LogP contribution >= 0.6 is 12.2 Å². The van der Waals surface area contributed by atoms with Crippen LogP contribution in [0.3, 0.4) is 0 Å². The van der Waals surface area contributed by atoms with Crippen LogP contribution in [0, 0.1) is 17.8 Å². The first kappa shape index (κ1) is 10.1. The Kier molecular flexibility index (Phi) is 8.58. The summed E-state index contributed by atoms with van der Waals surface area (Å²) in [6.07, 6.45) is 1.59. The van der Waals surface area contributed by atoms with Crippen molar-refractivity contribution in [3.63, 3.8) is 0 Å². The maximum absolute atomic E-state index is 7.91. The van der Waals surface area contributed by atoms with Crippen molar-refractivity contribution < 1.29 is 17.1 Å². The molecule has 0 aliphatic heterocycles. The van der Waals surface area contributed by atoms with Crippen molar-refractivity contribution >= 4 is 17.1 Å². The number of hydrogen-bond donors (Lipinski definition) is 0. The van der Waals surface area contributed by atoms with Crippen LogP contribution in [0.1, 0.15) is 6.92 Å². The Labute approximate surface area is 59.2 Å². The second-order valence-corrected chi connectivity index (χ2v) is 1.20. The average Bonchev–Trinajstić information content (AvgIpc) is 1.65. The third-order valence-electron chi connectivity index (χ3n) is 0.372. The topological polar surface area (TPSA) is 23.8 Å². The maximum atomic E-state index is 7.91. The number of nitriles is 1. The molecule has 0 aliphatic rings. The summed E-state index contributed by atoms with van der Waals surface area (Å²) in [5, 5.41) is 7.91. The van der Waals surface area contributed by atoms with Gasteiger partial charge in [0.1, 0.15) is 0 Å². The Morgan fingerprint density at radius 3 is 2.29 bits per heavy atom. The van der Waals surface area contributed by atoms with Crippen LogP contribution in [0.2, 0.25) is 0 Å². The van der Waals surface area contributed by atoms with E-state index >= 15 is 0 Å². The monoisotopic (exact) mass is 161 g/mol. The largest absolute Gasteiger partial charge is 1.00 e. The van der Waals surface area contributed by atoms with Gasteiger partial charge in [0.15, 0.2) is 0 Å². The van der Waals surface area contributed by atoms with Gasteiger partial charge in [-0.2, -0.15) is 0 Å². The van der Waals surface area contributed by atoms with Crippen molar-refractivity contribution in [3.8, 4) is 6.07 Å². The molecule has 0 aromatic carbocycles. The fourth-order valence-corrected chi connectivity index (χ4v) is 0.0645. The Hall–Kier alpha value is -0.0305. The molecule has 0 amide bonds. The summed E-state index contributed by atoms with van der Waals surface area (Å²) < 4.78 is 0. The molecule has 0 aromatic heterocycles. The number of rotatable bonds is 1. The molecule has 7 heavy (non-hydrogen) atoms. The summed E-state index contributed by atoms with van der Waals surface area (Å²) in [5.41, 5.74) is 0. The van der Waals surface area contributed by atoms with Gasteiger partial charge in [0, 0.05) is 0 Å². The van der Waals surface area contributed by atoms with Gasteiger partial charge in [-0.05, 0) is 0 Å². The van der Waals surface area contributed by atoms with Gasteiger partial charge in [-0.25, -0.2) is 6.42 Å². The van der Waals surface area contributed by atoms with Crippen LogP contribution in [-0.4, -0.2) is 4.86 Å². The Morgan fingerprint density at radius 1 is 1.86 bits per heavy atom. The normalized spacial score (nSPS) is 5.14. The van der Waals surface area contributed by atoms with E-state index in [-0.39, 0.29) is 17.1 Å². The van der Waals surface area contributed by atoms with E-state index in [1.165, 1.54) is 0 Å². The van der Waals surface area contributed by atoms with Gasteiger partial charge < -0.3 is 5.26 Å². The molecular weight excluding hydrogens is 158 g/mol. The average molecular weight is 162 g/mol. The van der Waals surface area contributed by atoms with E-state index in [0.29, 0.717) is 4.86 Å². The van der Waals surface area contributed by atoms with Crippen molar-refractivity contribution in [1.82, 2.24) is 0 Å². The quantitative estimate of drug-likeness (QED) is 0.327. The first-order valence-corrected chi connectivity index (χ1v) is 1.95. The van der Waals surface area contributed by atoms with Crippen molar-refractivity contribution in [2.75, 3.05) is 0 Å². The molecule has 0 aliphatic carbocycles. The van der Waals surface area contributed by atoms with Gasteiger partial charge in [0.05, 0.1) is 0 Å². The number of thiocarbonyl (C=S) groups is 1.